The van der Waals surface area contributed by atoms with Crippen molar-refractivity contribution in [2.45, 2.75) is 13.0 Å². The smallest absolute Gasteiger partial charge is 0.150 e. The SMILES string of the molecule is C=CC(C)Oc1cc(F)cc(C=O)c1. The molecule has 1 aromatic rings. The highest BCUT2D eigenvalue weighted by atomic mass is 19.1. The molecule has 0 fully saturated rings. The number of hydrogen-bond acceptors (Lipinski definition) is 2. The van der Waals surface area contributed by atoms with Gasteiger partial charge >= 0.3 is 0 Å². The molecular formula is C11H11FO2. The summed E-state index contributed by atoms with van der Waals surface area (Å²) < 4.78 is 18.2. The van der Waals surface area contributed by atoms with E-state index in [1.807, 2.05) is 0 Å². The van der Waals surface area contributed by atoms with Gasteiger partial charge in [-0.05, 0) is 19.1 Å². The molecule has 0 heterocycles. The molecule has 14 heavy (non-hydrogen) atoms. The molecule has 1 unspecified atom stereocenters. The molecule has 0 saturated carbocycles. The Kier molecular flexibility index (Phi) is 3.40. The first-order chi connectivity index (χ1) is 6.65. The van der Waals surface area contributed by atoms with Crippen LogP contribution in [0.2, 0.25) is 0 Å². The third kappa shape index (κ3) is 2.69. The maximum Gasteiger partial charge on any atom is 0.150 e. The van der Waals surface area contributed by atoms with E-state index in [0.29, 0.717) is 12.0 Å². The Morgan fingerprint density at radius 2 is 2.21 bits per heavy atom. The Hall–Kier alpha value is -1.64. The van der Waals surface area contributed by atoms with Crippen LogP contribution in [0, 0.1) is 5.82 Å². The second-order valence-electron chi connectivity index (χ2n) is 2.90. The lowest BCUT2D eigenvalue weighted by Gasteiger charge is -2.10. The molecule has 0 aromatic heterocycles. The van der Waals surface area contributed by atoms with Gasteiger partial charge in [0.25, 0.3) is 0 Å². The first kappa shape index (κ1) is 10.4. The van der Waals surface area contributed by atoms with Crippen molar-refractivity contribution in [3.05, 3.63) is 42.2 Å². The third-order valence-corrected chi connectivity index (χ3v) is 1.68. The minimum Gasteiger partial charge on any atom is -0.487 e. The van der Waals surface area contributed by atoms with Gasteiger partial charge in [-0.1, -0.05) is 12.7 Å². The van der Waals surface area contributed by atoms with Gasteiger partial charge in [0.15, 0.2) is 0 Å². The van der Waals surface area contributed by atoms with Crippen LogP contribution in [0.25, 0.3) is 0 Å². The van der Waals surface area contributed by atoms with Gasteiger partial charge in [-0.15, -0.1) is 0 Å². The van der Waals surface area contributed by atoms with E-state index in [1.165, 1.54) is 12.1 Å². The summed E-state index contributed by atoms with van der Waals surface area (Å²) in [5.74, 6) is -0.152. The van der Waals surface area contributed by atoms with Gasteiger partial charge in [-0.2, -0.15) is 0 Å². The summed E-state index contributed by atoms with van der Waals surface area (Å²) in [6.45, 7) is 5.31. The van der Waals surface area contributed by atoms with Crippen LogP contribution in [-0.4, -0.2) is 12.4 Å². The van der Waals surface area contributed by atoms with Crippen LogP contribution < -0.4 is 4.74 Å². The molecule has 1 aromatic carbocycles. The first-order valence-electron chi connectivity index (χ1n) is 4.20. The maximum absolute atomic E-state index is 12.9. The van der Waals surface area contributed by atoms with Crippen LogP contribution in [0.4, 0.5) is 4.39 Å². The normalized spacial score (nSPS) is 11.9. The van der Waals surface area contributed by atoms with Gasteiger partial charge in [0, 0.05) is 11.6 Å². The van der Waals surface area contributed by atoms with Crippen LogP contribution in [0.1, 0.15) is 17.3 Å². The molecule has 0 aliphatic rings. The molecule has 2 nitrogen and oxygen atoms in total. The van der Waals surface area contributed by atoms with Crippen LogP contribution in [0.5, 0.6) is 5.75 Å². The van der Waals surface area contributed by atoms with E-state index in [-0.39, 0.29) is 11.7 Å². The monoisotopic (exact) mass is 194 g/mol. The molecule has 0 amide bonds. The molecule has 0 aliphatic heterocycles. The highest BCUT2D eigenvalue weighted by Crippen LogP contribution is 2.16. The number of carbonyl (C=O) groups is 1. The number of hydrogen-bond donors (Lipinski definition) is 0. The summed E-state index contributed by atoms with van der Waals surface area (Å²) in [6.07, 6.45) is 1.95. The number of benzene rings is 1. The average Bonchev–Trinajstić information content (AvgIpc) is 2.16. The second-order valence-corrected chi connectivity index (χ2v) is 2.90. The van der Waals surface area contributed by atoms with Crippen molar-refractivity contribution in [1.29, 1.82) is 0 Å². The molecular weight excluding hydrogens is 183 g/mol. The van der Waals surface area contributed by atoms with E-state index < -0.39 is 5.82 Å². The summed E-state index contributed by atoms with van der Waals surface area (Å²) in [4.78, 5) is 10.4. The van der Waals surface area contributed by atoms with Crippen LogP contribution in [0.3, 0.4) is 0 Å². The molecule has 0 saturated heterocycles. The third-order valence-electron chi connectivity index (χ3n) is 1.68. The molecule has 0 bridgehead atoms. The van der Waals surface area contributed by atoms with E-state index in [0.717, 1.165) is 6.07 Å². The van der Waals surface area contributed by atoms with Crippen molar-refractivity contribution in [3.63, 3.8) is 0 Å². The first-order valence-corrected chi connectivity index (χ1v) is 4.20. The fraction of sp³-hybridized carbons (Fsp3) is 0.182. The van der Waals surface area contributed by atoms with Crippen molar-refractivity contribution in [2.24, 2.45) is 0 Å². The minimum atomic E-state index is -0.485. The van der Waals surface area contributed by atoms with Crippen molar-refractivity contribution in [1.82, 2.24) is 0 Å². The molecule has 0 spiro atoms. The lowest BCUT2D eigenvalue weighted by atomic mass is 10.2. The lowest BCUT2D eigenvalue weighted by Crippen LogP contribution is -2.07. The van der Waals surface area contributed by atoms with Gasteiger partial charge in [0.05, 0.1) is 0 Å². The Bertz CT molecular complexity index is 347. The Balaban J connectivity index is 2.91. The Labute approximate surface area is 82.0 Å². The van der Waals surface area contributed by atoms with Crippen molar-refractivity contribution >= 4 is 6.29 Å². The number of ether oxygens (including phenoxy) is 1. The highest BCUT2D eigenvalue weighted by molar-refractivity contribution is 5.75. The lowest BCUT2D eigenvalue weighted by molar-refractivity contribution is 0.112. The van der Waals surface area contributed by atoms with Gasteiger partial charge in [0.2, 0.25) is 0 Å². The Morgan fingerprint density at radius 3 is 2.79 bits per heavy atom. The molecule has 1 atom stereocenters. The highest BCUT2D eigenvalue weighted by Gasteiger charge is 2.03. The molecule has 74 valence electrons. The largest absolute Gasteiger partial charge is 0.487 e. The number of rotatable bonds is 4. The van der Waals surface area contributed by atoms with Crippen molar-refractivity contribution in [3.8, 4) is 5.75 Å². The summed E-state index contributed by atoms with van der Waals surface area (Å²) >= 11 is 0. The van der Waals surface area contributed by atoms with Gasteiger partial charge in [-0.3, -0.25) is 4.79 Å². The topological polar surface area (TPSA) is 26.3 Å². The quantitative estimate of drug-likeness (QED) is 0.544. The summed E-state index contributed by atoms with van der Waals surface area (Å²) in [6, 6.07) is 3.86. The average molecular weight is 194 g/mol. The molecule has 0 N–H and O–H groups in total. The van der Waals surface area contributed by atoms with E-state index in [1.54, 1.807) is 13.0 Å². The second kappa shape index (κ2) is 4.56. The van der Waals surface area contributed by atoms with E-state index >= 15 is 0 Å². The van der Waals surface area contributed by atoms with Crippen molar-refractivity contribution < 1.29 is 13.9 Å². The van der Waals surface area contributed by atoms with Crippen LogP contribution >= 0.6 is 0 Å². The fourth-order valence-corrected chi connectivity index (χ4v) is 0.983. The Morgan fingerprint density at radius 1 is 1.50 bits per heavy atom. The molecule has 3 heteroatoms. The van der Waals surface area contributed by atoms with Crippen LogP contribution in [-0.2, 0) is 0 Å². The number of halogens is 1. The van der Waals surface area contributed by atoms with E-state index in [4.69, 9.17) is 4.74 Å². The number of aldehydes is 1. The zero-order valence-electron chi connectivity index (χ0n) is 7.87. The molecule has 0 radical (unpaired) electrons. The minimum absolute atomic E-state index is 0.212. The predicted octanol–water partition coefficient (Wildman–Crippen LogP) is 2.59. The van der Waals surface area contributed by atoms with Crippen molar-refractivity contribution in [2.75, 3.05) is 0 Å². The predicted molar refractivity (Wildman–Crippen MR) is 52.1 cm³/mol. The van der Waals surface area contributed by atoms with Gasteiger partial charge < -0.3 is 4.74 Å². The van der Waals surface area contributed by atoms with E-state index in [9.17, 15) is 9.18 Å². The van der Waals surface area contributed by atoms with Gasteiger partial charge in [0.1, 0.15) is 24.0 Å². The zero-order valence-corrected chi connectivity index (χ0v) is 7.87. The molecule has 1 rings (SSSR count). The summed E-state index contributed by atoms with van der Waals surface area (Å²) in [5, 5.41) is 0. The standard InChI is InChI=1S/C11H11FO2/c1-3-8(2)14-11-5-9(7-13)4-10(12)6-11/h3-8H,1H2,2H3. The summed E-state index contributed by atoms with van der Waals surface area (Å²) in [7, 11) is 0. The molecule has 0 aliphatic carbocycles. The van der Waals surface area contributed by atoms with Crippen LogP contribution in [0.15, 0.2) is 30.9 Å². The summed E-state index contributed by atoms with van der Waals surface area (Å²) in [5.41, 5.74) is 0.260. The van der Waals surface area contributed by atoms with E-state index in [2.05, 4.69) is 6.58 Å². The maximum atomic E-state index is 12.9. The zero-order chi connectivity index (χ0) is 10.6. The fourth-order valence-electron chi connectivity index (χ4n) is 0.983. The van der Waals surface area contributed by atoms with Gasteiger partial charge in [-0.25, -0.2) is 4.39 Å². The number of carbonyl (C=O) groups excluding carboxylic acids is 1.